The lowest BCUT2D eigenvalue weighted by atomic mass is 9.82. The van der Waals surface area contributed by atoms with Gasteiger partial charge in [0.2, 0.25) is 0 Å². The zero-order valence-corrected chi connectivity index (χ0v) is 11.3. The second-order valence-electron chi connectivity index (χ2n) is 6.42. The van der Waals surface area contributed by atoms with Crippen molar-refractivity contribution in [1.82, 2.24) is 0 Å². The van der Waals surface area contributed by atoms with Crippen molar-refractivity contribution < 1.29 is 5.11 Å². The molecule has 1 atom stereocenters. The summed E-state index contributed by atoms with van der Waals surface area (Å²) < 4.78 is 0. The summed E-state index contributed by atoms with van der Waals surface area (Å²) in [5, 5.41) is 10.8. The van der Waals surface area contributed by atoms with E-state index in [1.54, 1.807) is 0 Å². The zero-order valence-electron chi connectivity index (χ0n) is 11.3. The Morgan fingerprint density at radius 1 is 0.941 bits per heavy atom. The molecule has 1 heteroatoms. The molecule has 0 bridgehead atoms. The van der Waals surface area contributed by atoms with Crippen LogP contribution in [0.25, 0.3) is 0 Å². The molecular weight excluding hydrogens is 208 g/mol. The highest BCUT2D eigenvalue weighted by Gasteiger charge is 2.34. The molecule has 0 aromatic heterocycles. The molecule has 1 unspecified atom stereocenters. The molecule has 1 aliphatic carbocycles. The fourth-order valence-corrected chi connectivity index (χ4v) is 2.81. The predicted molar refractivity (Wildman–Crippen MR) is 71.9 cm³/mol. The van der Waals surface area contributed by atoms with Crippen molar-refractivity contribution in [3.63, 3.8) is 0 Å². The lowest BCUT2D eigenvalue weighted by Crippen LogP contribution is -2.25. The summed E-state index contributed by atoms with van der Waals surface area (Å²) in [5.41, 5.74) is 2.14. The SMILES string of the molecule is Cc1ccc(C2(O)CCCC(C)(C)CC2)cc1. The van der Waals surface area contributed by atoms with Crippen LogP contribution < -0.4 is 0 Å². The van der Waals surface area contributed by atoms with E-state index in [0.29, 0.717) is 5.41 Å². The molecule has 2 rings (SSSR count). The Morgan fingerprint density at radius 2 is 1.59 bits per heavy atom. The monoisotopic (exact) mass is 232 g/mol. The average Bonchev–Trinajstić information content (AvgIpc) is 2.40. The van der Waals surface area contributed by atoms with Crippen molar-refractivity contribution in [2.45, 2.75) is 58.5 Å². The molecule has 0 saturated heterocycles. The van der Waals surface area contributed by atoms with Gasteiger partial charge < -0.3 is 5.11 Å². The molecule has 0 aliphatic heterocycles. The molecule has 0 heterocycles. The van der Waals surface area contributed by atoms with E-state index in [-0.39, 0.29) is 0 Å². The van der Waals surface area contributed by atoms with E-state index in [0.717, 1.165) is 31.2 Å². The summed E-state index contributed by atoms with van der Waals surface area (Å²) in [6.07, 6.45) is 5.25. The normalized spacial score (nSPS) is 28.7. The largest absolute Gasteiger partial charge is 0.385 e. The summed E-state index contributed by atoms with van der Waals surface area (Å²) in [5.74, 6) is 0. The summed E-state index contributed by atoms with van der Waals surface area (Å²) in [7, 11) is 0. The van der Waals surface area contributed by atoms with Crippen molar-refractivity contribution in [3.05, 3.63) is 35.4 Å². The third-order valence-electron chi connectivity index (χ3n) is 4.25. The Bertz CT molecular complexity index is 377. The van der Waals surface area contributed by atoms with E-state index in [1.165, 1.54) is 12.0 Å². The Balaban J connectivity index is 2.21. The van der Waals surface area contributed by atoms with Crippen LogP contribution in [0.5, 0.6) is 0 Å². The van der Waals surface area contributed by atoms with Crippen LogP contribution in [-0.2, 0) is 5.60 Å². The van der Waals surface area contributed by atoms with Gasteiger partial charge in [0.15, 0.2) is 0 Å². The molecule has 1 aromatic carbocycles. The van der Waals surface area contributed by atoms with Gasteiger partial charge in [-0.15, -0.1) is 0 Å². The number of aryl methyl sites for hydroxylation is 1. The molecule has 1 aliphatic rings. The van der Waals surface area contributed by atoms with Crippen molar-refractivity contribution in [2.24, 2.45) is 5.41 Å². The van der Waals surface area contributed by atoms with Gasteiger partial charge in [-0.25, -0.2) is 0 Å². The molecular formula is C16H24O. The highest BCUT2D eigenvalue weighted by Crippen LogP contribution is 2.42. The second-order valence-corrected chi connectivity index (χ2v) is 6.42. The lowest BCUT2D eigenvalue weighted by Gasteiger charge is -2.28. The minimum atomic E-state index is -0.596. The molecule has 0 amide bonds. The number of rotatable bonds is 1. The number of hydrogen-bond donors (Lipinski definition) is 1. The fourth-order valence-electron chi connectivity index (χ4n) is 2.81. The van der Waals surface area contributed by atoms with E-state index in [1.807, 2.05) is 0 Å². The molecule has 94 valence electrons. The minimum absolute atomic E-state index is 0.384. The summed E-state index contributed by atoms with van der Waals surface area (Å²) in [6, 6.07) is 8.38. The molecule has 1 saturated carbocycles. The van der Waals surface area contributed by atoms with E-state index < -0.39 is 5.60 Å². The van der Waals surface area contributed by atoms with Gasteiger partial charge in [-0.3, -0.25) is 0 Å². The summed E-state index contributed by atoms with van der Waals surface area (Å²) in [4.78, 5) is 0. The number of hydrogen-bond acceptors (Lipinski definition) is 1. The van der Waals surface area contributed by atoms with Gasteiger partial charge in [0.05, 0.1) is 5.60 Å². The van der Waals surface area contributed by atoms with Crippen molar-refractivity contribution in [3.8, 4) is 0 Å². The molecule has 0 radical (unpaired) electrons. The highest BCUT2D eigenvalue weighted by molar-refractivity contribution is 5.26. The number of benzene rings is 1. The van der Waals surface area contributed by atoms with Crippen LogP contribution in [0, 0.1) is 12.3 Å². The highest BCUT2D eigenvalue weighted by atomic mass is 16.3. The lowest BCUT2D eigenvalue weighted by molar-refractivity contribution is 0.0180. The van der Waals surface area contributed by atoms with Crippen LogP contribution in [0.4, 0.5) is 0 Å². The van der Waals surface area contributed by atoms with Gasteiger partial charge in [-0.05, 0) is 50.0 Å². The molecule has 0 spiro atoms. The quantitative estimate of drug-likeness (QED) is 0.720. The zero-order chi connectivity index (χ0) is 12.5. The molecule has 1 fully saturated rings. The first-order valence-electron chi connectivity index (χ1n) is 6.71. The predicted octanol–water partition coefficient (Wildman–Crippen LogP) is 4.17. The molecule has 1 N–H and O–H groups in total. The molecule has 1 aromatic rings. The summed E-state index contributed by atoms with van der Waals surface area (Å²) in [6.45, 7) is 6.71. The maximum Gasteiger partial charge on any atom is 0.0896 e. The van der Waals surface area contributed by atoms with Crippen molar-refractivity contribution in [1.29, 1.82) is 0 Å². The first kappa shape index (κ1) is 12.6. The Morgan fingerprint density at radius 3 is 2.24 bits per heavy atom. The first-order chi connectivity index (χ1) is 7.91. The van der Waals surface area contributed by atoms with Crippen LogP contribution in [0.15, 0.2) is 24.3 Å². The fraction of sp³-hybridized carbons (Fsp3) is 0.625. The maximum absolute atomic E-state index is 10.8. The standard InChI is InChI=1S/C16H24O/c1-13-5-7-14(8-6-13)16(17)10-4-9-15(2,3)11-12-16/h5-8,17H,4,9-12H2,1-3H3. The van der Waals surface area contributed by atoms with Crippen LogP contribution >= 0.6 is 0 Å². The third kappa shape index (κ3) is 2.90. The second kappa shape index (κ2) is 4.45. The van der Waals surface area contributed by atoms with Gasteiger partial charge >= 0.3 is 0 Å². The molecule has 1 nitrogen and oxygen atoms in total. The number of aliphatic hydroxyl groups is 1. The van der Waals surface area contributed by atoms with Gasteiger partial charge in [0.25, 0.3) is 0 Å². The average molecular weight is 232 g/mol. The van der Waals surface area contributed by atoms with Crippen LogP contribution in [0.3, 0.4) is 0 Å². The first-order valence-corrected chi connectivity index (χ1v) is 6.71. The van der Waals surface area contributed by atoms with E-state index in [4.69, 9.17) is 0 Å². The van der Waals surface area contributed by atoms with E-state index >= 15 is 0 Å². The van der Waals surface area contributed by atoms with Crippen molar-refractivity contribution in [2.75, 3.05) is 0 Å². The van der Waals surface area contributed by atoms with Gasteiger partial charge in [0.1, 0.15) is 0 Å². The summed E-state index contributed by atoms with van der Waals surface area (Å²) >= 11 is 0. The van der Waals surface area contributed by atoms with Gasteiger partial charge in [-0.1, -0.05) is 43.7 Å². The van der Waals surface area contributed by atoms with Gasteiger partial charge in [-0.2, -0.15) is 0 Å². The van der Waals surface area contributed by atoms with Crippen molar-refractivity contribution >= 4 is 0 Å². The van der Waals surface area contributed by atoms with E-state index in [9.17, 15) is 5.11 Å². The third-order valence-corrected chi connectivity index (χ3v) is 4.25. The Kier molecular flexibility index (Phi) is 3.31. The van der Waals surface area contributed by atoms with E-state index in [2.05, 4.69) is 45.0 Å². The maximum atomic E-state index is 10.8. The van der Waals surface area contributed by atoms with Crippen LogP contribution in [0.1, 0.15) is 57.1 Å². The topological polar surface area (TPSA) is 20.2 Å². The Hall–Kier alpha value is -0.820. The van der Waals surface area contributed by atoms with Crippen LogP contribution in [-0.4, -0.2) is 5.11 Å². The smallest absolute Gasteiger partial charge is 0.0896 e. The van der Waals surface area contributed by atoms with Crippen LogP contribution in [0.2, 0.25) is 0 Å². The minimum Gasteiger partial charge on any atom is -0.385 e. The Labute approximate surface area is 105 Å². The van der Waals surface area contributed by atoms with Gasteiger partial charge in [0, 0.05) is 0 Å². The molecule has 17 heavy (non-hydrogen) atoms.